The van der Waals surface area contributed by atoms with Gasteiger partial charge in [0.25, 0.3) is 0 Å². The lowest BCUT2D eigenvalue weighted by atomic mass is 10.2. The van der Waals surface area contributed by atoms with Gasteiger partial charge in [0.2, 0.25) is 5.12 Å². The molecular weight excluding hydrogens is 256 g/mol. The molecule has 19 heavy (non-hydrogen) atoms. The van der Waals surface area contributed by atoms with Gasteiger partial charge in [0.1, 0.15) is 0 Å². The van der Waals surface area contributed by atoms with Gasteiger partial charge in [0.05, 0.1) is 11.0 Å². The van der Waals surface area contributed by atoms with Crippen molar-refractivity contribution in [1.82, 2.24) is 9.97 Å². The third-order valence-electron chi connectivity index (χ3n) is 2.84. The van der Waals surface area contributed by atoms with Gasteiger partial charge in [-0.2, -0.15) is 0 Å². The minimum atomic E-state index is -0.000874. The lowest BCUT2D eigenvalue weighted by Gasteiger charge is -1.98. The van der Waals surface area contributed by atoms with E-state index in [0.717, 1.165) is 28.4 Å². The largest absolute Gasteiger partial charge is 0.333 e. The van der Waals surface area contributed by atoms with Crippen LogP contribution in [0.25, 0.3) is 11.0 Å². The zero-order valence-electron chi connectivity index (χ0n) is 10.4. The number of carbonyl (C=O) groups excluding carboxylic acids is 1. The number of carbonyl (C=O) groups is 1. The van der Waals surface area contributed by atoms with Gasteiger partial charge in [0, 0.05) is 5.56 Å². The molecule has 1 heterocycles. The second-order valence-corrected chi connectivity index (χ2v) is 5.28. The fraction of sp³-hybridized carbons (Fsp3) is 0.0667. The standard InChI is InChI=1S/C15H12N2OS/c1-10-6-8-11(9-7-10)14(18)19-15-16-12-4-2-3-5-13(12)17-15/h2-9H,1H3,(H,16,17). The van der Waals surface area contributed by atoms with Crippen molar-refractivity contribution in [2.75, 3.05) is 0 Å². The first-order valence-electron chi connectivity index (χ1n) is 5.96. The Kier molecular flexibility index (Phi) is 3.09. The van der Waals surface area contributed by atoms with Crippen LogP contribution in [0, 0.1) is 6.92 Å². The Morgan fingerprint density at radius 2 is 1.84 bits per heavy atom. The minimum absolute atomic E-state index is 0.000874. The SMILES string of the molecule is Cc1ccc(C(=O)Sc2nc3ccccc3[nH]2)cc1. The van der Waals surface area contributed by atoms with E-state index in [1.54, 1.807) is 0 Å². The Morgan fingerprint density at radius 1 is 1.11 bits per heavy atom. The van der Waals surface area contributed by atoms with Crippen LogP contribution in [0.5, 0.6) is 0 Å². The fourth-order valence-electron chi connectivity index (χ4n) is 1.81. The van der Waals surface area contributed by atoms with E-state index in [-0.39, 0.29) is 5.12 Å². The Labute approximate surface area is 115 Å². The van der Waals surface area contributed by atoms with Crippen molar-refractivity contribution >= 4 is 27.9 Å². The Balaban J connectivity index is 1.84. The van der Waals surface area contributed by atoms with Gasteiger partial charge in [-0.25, -0.2) is 4.98 Å². The summed E-state index contributed by atoms with van der Waals surface area (Å²) >= 11 is 1.12. The van der Waals surface area contributed by atoms with E-state index in [1.165, 1.54) is 0 Å². The molecule has 0 bridgehead atoms. The number of para-hydroxylation sites is 2. The van der Waals surface area contributed by atoms with E-state index in [9.17, 15) is 4.79 Å². The van der Waals surface area contributed by atoms with Crippen molar-refractivity contribution in [2.24, 2.45) is 0 Å². The maximum atomic E-state index is 12.1. The second kappa shape index (κ2) is 4.90. The summed E-state index contributed by atoms with van der Waals surface area (Å²) in [6.45, 7) is 2.00. The van der Waals surface area contributed by atoms with Gasteiger partial charge in [-0.15, -0.1) is 0 Å². The van der Waals surface area contributed by atoms with Crippen molar-refractivity contribution in [3.05, 3.63) is 59.7 Å². The van der Waals surface area contributed by atoms with Crippen molar-refractivity contribution in [3.8, 4) is 0 Å². The van der Waals surface area contributed by atoms with Gasteiger partial charge in [-0.3, -0.25) is 4.79 Å². The molecule has 2 aromatic carbocycles. The number of benzene rings is 2. The highest BCUT2D eigenvalue weighted by Crippen LogP contribution is 2.23. The molecule has 0 aliphatic rings. The summed E-state index contributed by atoms with van der Waals surface area (Å²) in [4.78, 5) is 19.6. The van der Waals surface area contributed by atoms with Gasteiger partial charge in [-0.1, -0.05) is 42.0 Å². The predicted octanol–water partition coefficient (Wildman–Crippen LogP) is 3.80. The summed E-state index contributed by atoms with van der Waals surface area (Å²) in [6, 6.07) is 15.3. The summed E-state index contributed by atoms with van der Waals surface area (Å²) in [7, 11) is 0. The summed E-state index contributed by atoms with van der Waals surface area (Å²) < 4.78 is 0. The van der Waals surface area contributed by atoms with Crippen LogP contribution in [0.3, 0.4) is 0 Å². The Bertz CT molecular complexity index is 698. The van der Waals surface area contributed by atoms with E-state index < -0.39 is 0 Å². The molecule has 0 aliphatic heterocycles. The van der Waals surface area contributed by atoms with E-state index in [0.29, 0.717) is 10.7 Å². The molecule has 0 amide bonds. The van der Waals surface area contributed by atoms with Gasteiger partial charge in [0.15, 0.2) is 5.16 Å². The van der Waals surface area contributed by atoms with Crippen molar-refractivity contribution in [3.63, 3.8) is 0 Å². The Hall–Kier alpha value is -2.07. The van der Waals surface area contributed by atoms with Crippen LogP contribution < -0.4 is 0 Å². The van der Waals surface area contributed by atoms with E-state index in [4.69, 9.17) is 0 Å². The zero-order chi connectivity index (χ0) is 13.2. The first-order chi connectivity index (χ1) is 9.22. The predicted molar refractivity (Wildman–Crippen MR) is 77.5 cm³/mol. The average molecular weight is 268 g/mol. The van der Waals surface area contributed by atoms with Crippen LogP contribution >= 0.6 is 11.8 Å². The molecule has 3 aromatic rings. The van der Waals surface area contributed by atoms with Gasteiger partial charge >= 0.3 is 0 Å². The number of nitrogens with one attached hydrogen (secondary N) is 1. The smallest absolute Gasteiger partial charge is 0.227 e. The number of fused-ring (bicyclic) bond motifs is 1. The van der Waals surface area contributed by atoms with Crippen molar-refractivity contribution in [2.45, 2.75) is 12.1 Å². The van der Waals surface area contributed by atoms with Crippen molar-refractivity contribution < 1.29 is 4.79 Å². The number of imidazole rings is 1. The molecule has 3 rings (SSSR count). The molecule has 3 nitrogen and oxygen atoms in total. The Morgan fingerprint density at radius 3 is 2.58 bits per heavy atom. The molecule has 0 aliphatic carbocycles. The van der Waals surface area contributed by atoms with Crippen LogP contribution in [0.2, 0.25) is 0 Å². The maximum Gasteiger partial charge on any atom is 0.227 e. The summed E-state index contributed by atoms with van der Waals surface area (Å²) in [5.41, 5.74) is 3.66. The highest BCUT2D eigenvalue weighted by Gasteiger charge is 2.11. The first kappa shape index (κ1) is 12.0. The molecule has 0 saturated heterocycles. The first-order valence-corrected chi connectivity index (χ1v) is 6.77. The molecule has 0 spiro atoms. The molecule has 0 radical (unpaired) electrons. The number of aromatic amines is 1. The van der Waals surface area contributed by atoms with Crippen LogP contribution in [-0.4, -0.2) is 15.1 Å². The minimum Gasteiger partial charge on any atom is -0.333 e. The van der Waals surface area contributed by atoms with E-state index in [1.807, 2.05) is 55.5 Å². The van der Waals surface area contributed by atoms with Crippen LogP contribution in [0.4, 0.5) is 0 Å². The third-order valence-corrected chi connectivity index (χ3v) is 3.65. The molecule has 0 saturated carbocycles. The quantitative estimate of drug-likeness (QED) is 0.719. The monoisotopic (exact) mass is 268 g/mol. The molecule has 1 aromatic heterocycles. The number of aromatic nitrogens is 2. The molecular formula is C15H12N2OS. The molecule has 0 unspecified atom stereocenters. The lowest BCUT2D eigenvalue weighted by molar-refractivity contribution is 0.108. The van der Waals surface area contributed by atoms with Gasteiger partial charge < -0.3 is 4.98 Å². The lowest BCUT2D eigenvalue weighted by Crippen LogP contribution is -1.93. The number of hydrogen-bond donors (Lipinski definition) is 1. The van der Waals surface area contributed by atoms with Crippen molar-refractivity contribution in [1.29, 1.82) is 0 Å². The zero-order valence-corrected chi connectivity index (χ0v) is 11.2. The molecule has 94 valence electrons. The average Bonchev–Trinajstić information content (AvgIpc) is 2.81. The molecule has 0 fully saturated rings. The summed E-state index contributed by atoms with van der Waals surface area (Å²) in [5, 5.41) is 0.630. The second-order valence-electron chi connectivity index (χ2n) is 4.31. The topological polar surface area (TPSA) is 45.8 Å². The van der Waals surface area contributed by atoms with E-state index >= 15 is 0 Å². The fourth-order valence-corrected chi connectivity index (χ4v) is 2.55. The summed E-state index contributed by atoms with van der Waals surface area (Å²) in [6.07, 6.45) is 0. The van der Waals surface area contributed by atoms with E-state index in [2.05, 4.69) is 9.97 Å². The summed E-state index contributed by atoms with van der Waals surface area (Å²) in [5.74, 6) is 0. The number of hydrogen-bond acceptors (Lipinski definition) is 3. The van der Waals surface area contributed by atoms with Crippen LogP contribution in [0.15, 0.2) is 53.7 Å². The number of thioether (sulfide) groups is 1. The molecule has 4 heteroatoms. The molecule has 0 atom stereocenters. The molecule has 1 N–H and O–H groups in total. The number of nitrogens with zero attached hydrogens (tertiary/aromatic N) is 1. The van der Waals surface area contributed by atoms with Crippen LogP contribution in [0.1, 0.15) is 15.9 Å². The van der Waals surface area contributed by atoms with Crippen LogP contribution in [-0.2, 0) is 0 Å². The number of H-pyrrole nitrogens is 1. The highest BCUT2D eigenvalue weighted by atomic mass is 32.2. The maximum absolute atomic E-state index is 12.1. The van der Waals surface area contributed by atoms with Gasteiger partial charge in [-0.05, 0) is 30.8 Å². The normalized spacial score (nSPS) is 10.8. The highest BCUT2D eigenvalue weighted by molar-refractivity contribution is 8.14. The number of rotatable bonds is 2. The number of aryl methyl sites for hydroxylation is 1. The third kappa shape index (κ3) is 2.53.